The first-order valence-corrected chi connectivity index (χ1v) is 7.73. The first-order chi connectivity index (χ1) is 10.7. The zero-order valence-corrected chi connectivity index (χ0v) is 13.3. The Morgan fingerprint density at radius 1 is 1.45 bits per heavy atom. The summed E-state index contributed by atoms with van der Waals surface area (Å²) >= 11 is 1.40. The summed E-state index contributed by atoms with van der Waals surface area (Å²) in [5.74, 6) is 0.670. The van der Waals surface area contributed by atoms with Crippen molar-refractivity contribution in [1.29, 1.82) is 0 Å². The molecule has 2 N–H and O–H groups in total. The van der Waals surface area contributed by atoms with Crippen molar-refractivity contribution >= 4 is 17.2 Å². The van der Waals surface area contributed by atoms with Gasteiger partial charge >= 0.3 is 0 Å². The highest BCUT2D eigenvalue weighted by Crippen LogP contribution is 2.16. The lowest BCUT2D eigenvalue weighted by atomic mass is 10.2. The SMILES string of the molecule is C=CCN(Cc1ccc(OC)cc1)C(=O)c1csc(CN)n1. The van der Waals surface area contributed by atoms with Crippen molar-refractivity contribution < 1.29 is 9.53 Å². The lowest BCUT2D eigenvalue weighted by molar-refractivity contribution is 0.0757. The Morgan fingerprint density at radius 2 is 2.18 bits per heavy atom. The van der Waals surface area contributed by atoms with Crippen molar-refractivity contribution in [2.24, 2.45) is 5.73 Å². The number of nitrogens with zero attached hydrogens (tertiary/aromatic N) is 2. The van der Waals surface area contributed by atoms with Gasteiger partial charge in [-0.2, -0.15) is 0 Å². The number of ether oxygens (including phenoxy) is 1. The third kappa shape index (κ3) is 3.93. The van der Waals surface area contributed by atoms with E-state index in [1.165, 1.54) is 11.3 Å². The fraction of sp³-hybridized carbons (Fsp3) is 0.250. The second kappa shape index (κ2) is 7.72. The van der Waals surface area contributed by atoms with Gasteiger partial charge in [0.05, 0.1) is 7.11 Å². The quantitative estimate of drug-likeness (QED) is 0.796. The Kier molecular flexibility index (Phi) is 5.68. The lowest BCUT2D eigenvalue weighted by Crippen LogP contribution is -2.31. The molecular weight excluding hydrogens is 298 g/mol. The number of carbonyl (C=O) groups is 1. The van der Waals surface area contributed by atoms with Crippen LogP contribution in [-0.4, -0.2) is 29.4 Å². The summed E-state index contributed by atoms with van der Waals surface area (Å²) in [6.07, 6.45) is 1.71. The van der Waals surface area contributed by atoms with Crippen molar-refractivity contribution in [3.05, 3.63) is 58.6 Å². The minimum Gasteiger partial charge on any atom is -0.497 e. The highest BCUT2D eigenvalue weighted by molar-refractivity contribution is 7.09. The van der Waals surface area contributed by atoms with Crippen LogP contribution in [0.5, 0.6) is 5.75 Å². The maximum Gasteiger partial charge on any atom is 0.273 e. The number of nitrogens with two attached hydrogens (primary N) is 1. The molecule has 1 heterocycles. The predicted octanol–water partition coefficient (Wildman–Crippen LogP) is 2.44. The zero-order valence-electron chi connectivity index (χ0n) is 12.5. The van der Waals surface area contributed by atoms with Crippen LogP contribution in [0.2, 0.25) is 0 Å². The van der Waals surface area contributed by atoms with Crippen LogP contribution < -0.4 is 10.5 Å². The van der Waals surface area contributed by atoms with Gasteiger partial charge in [-0.05, 0) is 17.7 Å². The first-order valence-electron chi connectivity index (χ1n) is 6.85. The lowest BCUT2D eigenvalue weighted by Gasteiger charge is -2.20. The van der Waals surface area contributed by atoms with Gasteiger partial charge in [0.2, 0.25) is 0 Å². The van der Waals surface area contributed by atoms with E-state index in [0.717, 1.165) is 16.3 Å². The highest BCUT2D eigenvalue weighted by atomic mass is 32.1. The van der Waals surface area contributed by atoms with E-state index >= 15 is 0 Å². The van der Waals surface area contributed by atoms with Crippen molar-refractivity contribution in [1.82, 2.24) is 9.88 Å². The van der Waals surface area contributed by atoms with Crippen LogP contribution in [0.4, 0.5) is 0 Å². The fourth-order valence-corrected chi connectivity index (χ4v) is 2.64. The number of rotatable bonds is 7. The molecule has 0 aliphatic heterocycles. The predicted molar refractivity (Wildman–Crippen MR) is 87.9 cm³/mol. The topological polar surface area (TPSA) is 68.5 Å². The van der Waals surface area contributed by atoms with Crippen LogP contribution in [0.15, 0.2) is 42.3 Å². The van der Waals surface area contributed by atoms with E-state index in [1.54, 1.807) is 23.5 Å². The average Bonchev–Trinajstić information content (AvgIpc) is 3.03. The smallest absolute Gasteiger partial charge is 0.273 e. The summed E-state index contributed by atoms with van der Waals surface area (Å²) in [6, 6.07) is 7.63. The maximum atomic E-state index is 12.5. The zero-order chi connectivity index (χ0) is 15.9. The molecule has 0 spiro atoms. The highest BCUT2D eigenvalue weighted by Gasteiger charge is 2.18. The van der Waals surface area contributed by atoms with Gasteiger partial charge in [0.1, 0.15) is 16.5 Å². The third-order valence-corrected chi connectivity index (χ3v) is 3.99. The molecule has 0 aliphatic carbocycles. The molecule has 22 heavy (non-hydrogen) atoms. The molecule has 0 atom stereocenters. The largest absolute Gasteiger partial charge is 0.497 e. The van der Waals surface area contributed by atoms with E-state index < -0.39 is 0 Å². The van der Waals surface area contributed by atoms with Gasteiger partial charge in [-0.1, -0.05) is 18.2 Å². The van der Waals surface area contributed by atoms with Gasteiger partial charge in [0, 0.05) is 25.0 Å². The van der Waals surface area contributed by atoms with Crippen LogP contribution in [0.3, 0.4) is 0 Å². The number of amides is 1. The van der Waals surface area contributed by atoms with Gasteiger partial charge in [0.25, 0.3) is 5.91 Å². The summed E-state index contributed by atoms with van der Waals surface area (Å²) in [5, 5.41) is 2.50. The molecule has 1 aromatic carbocycles. The normalized spacial score (nSPS) is 10.3. The Hall–Kier alpha value is -2.18. The molecule has 116 valence electrons. The average molecular weight is 317 g/mol. The standard InChI is InChI=1S/C16H19N3O2S/c1-3-8-19(10-12-4-6-13(21-2)7-5-12)16(20)14-11-22-15(9-17)18-14/h3-7,11H,1,8-10,17H2,2H3. The number of benzene rings is 1. The molecule has 1 amide bonds. The molecule has 0 unspecified atom stereocenters. The number of thiazole rings is 1. The van der Waals surface area contributed by atoms with Crippen LogP contribution in [0.25, 0.3) is 0 Å². The Morgan fingerprint density at radius 3 is 2.73 bits per heavy atom. The van der Waals surface area contributed by atoms with Gasteiger partial charge in [-0.3, -0.25) is 4.79 Å². The van der Waals surface area contributed by atoms with E-state index in [9.17, 15) is 4.79 Å². The molecule has 0 saturated carbocycles. The summed E-state index contributed by atoms with van der Waals surface area (Å²) in [5.41, 5.74) is 6.99. The number of hydrogen-bond acceptors (Lipinski definition) is 5. The fourth-order valence-electron chi connectivity index (χ4n) is 1.99. The van der Waals surface area contributed by atoms with Crippen molar-refractivity contribution in [3.63, 3.8) is 0 Å². The van der Waals surface area contributed by atoms with Crippen molar-refractivity contribution in [2.75, 3.05) is 13.7 Å². The number of methoxy groups -OCH3 is 1. The van der Waals surface area contributed by atoms with Crippen LogP contribution in [-0.2, 0) is 13.1 Å². The maximum absolute atomic E-state index is 12.5. The van der Waals surface area contributed by atoms with Crippen LogP contribution in [0, 0.1) is 0 Å². The number of hydrogen-bond donors (Lipinski definition) is 1. The molecule has 1 aromatic heterocycles. The molecule has 5 nitrogen and oxygen atoms in total. The summed E-state index contributed by atoms with van der Waals surface area (Å²) in [4.78, 5) is 18.5. The van der Waals surface area contributed by atoms with Crippen LogP contribution in [0.1, 0.15) is 21.1 Å². The van der Waals surface area contributed by atoms with E-state index in [1.807, 2.05) is 24.3 Å². The molecule has 6 heteroatoms. The molecule has 2 aromatic rings. The molecule has 0 fully saturated rings. The van der Waals surface area contributed by atoms with Crippen molar-refractivity contribution in [3.8, 4) is 5.75 Å². The van der Waals surface area contributed by atoms with E-state index in [-0.39, 0.29) is 5.91 Å². The summed E-state index contributed by atoms with van der Waals surface area (Å²) in [6.45, 7) is 5.01. The molecule has 0 bridgehead atoms. The number of aromatic nitrogens is 1. The second-order valence-electron chi connectivity index (χ2n) is 4.65. The monoisotopic (exact) mass is 317 g/mol. The van der Waals surface area contributed by atoms with E-state index in [0.29, 0.717) is 25.3 Å². The Bertz CT molecular complexity index is 637. The third-order valence-electron chi connectivity index (χ3n) is 3.11. The number of carbonyl (C=O) groups excluding carboxylic acids is 1. The van der Waals surface area contributed by atoms with E-state index in [4.69, 9.17) is 10.5 Å². The van der Waals surface area contributed by atoms with Gasteiger partial charge in [-0.15, -0.1) is 17.9 Å². The van der Waals surface area contributed by atoms with Gasteiger partial charge in [-0.25, -0.2) is 4.98 Å². The van der Waals surface area contributed by atoms with E-state index in [2.05, 4.69) is 11.6 Å². The second-order valence-corrected chi connectivity index (χ2v) is 5.60. The summed E-state index contributed by atoms with van der Waals surface area (Å²) in [7, 11) is 1.62. The Balaban J connectivity index is 2.13. The minimum atomic E-state index is -0.119. The molecule has 0 aliphatic rings. The van der Waals surface area contributed by atoms with Gasteiger partial charge in [0.15, 0.2) is 0 Å². The molecule has 0 radical (unpaired) electrons. The van der Waals surface area contributed by atoms with Gasteiger partial charge < -0.3 is 15.4 Å². The molecule has 0 saturated heterocycles. The molecular formula is C16H19N3O2S. The first kappa shape index (κ1) is 16.2. The Labute approximate surface area is 134 Å². The van der Waals surface area contributed by atoms with Crippen LogP contribution >= 0.6 is 11.3 Å². The van der Waals surface area contributed by atoms with Crippen molar-refractivity contribution in [2.45, 2.75) is 13.1 Å². The molecule has 2 rings (SSSR count). The summed E-state index contributed by atoms with van der Waals surface area (Å²) < 4.78 is 5.14. The minimum absolute atomic E-state index is 0.119.